The highest BCUT2D eigenvalue weighted by atomic mass is 19.4. The van der Waals surface area contributed by atoms with E-state index < -0.39 is 6.36 Å². The number of ether oxygens (including phenoxy) is 2. The molecule has 11 heteroatoms. The molecule has 0 bridgehead atoms. The quantitative estimate of drug-likeness (QED) is 0.140. The zero-order valence-electron chi connectivity index (χ0n) is 25.2. The van der Waals surface area contributed by atoms with Gasteiger partial charge in [-0.2, -0.15) is 0 Å². The first-order valence-corrected chi connectivity index (χ1v) is 14.4. The molecule has 2 aliphatic carbocycles. The molecule has 0 saturated carbocycles. The van der Waals surface area contributed by atoms with Crippen molar-refractivity contribution >= 4 is 11.1 Å². The average Bonchev–Trinajstić information content (AvgIpc) is 3.59. The zero-order valence-corrected chi connectivity index (χ0v) is 25.2. The molecule has 1 heterocycles. The molecule has 5 aromatic rings. The summed E-state index contributed by atoms with van der Waals surface area (Å²) in [6.45, 7) is 15.5. The largest absolute Gasteiger partial charge is 0.573 e. The van der Waals surface area contributed by atoms with Gasteiger partial charge in [-0.05, 0) is 69.8 Å². The summed E-state index contributed by atoms with van der Waals surface area (Å²) < 4.78 is 47.3. The predicted octanol–water partition coefficient (Wildman–Crippen LogP) is 9.08. The van der Waals surface area contributed by atoms with Crippen molar-refractivity contribution in [1.82, 2.24) is 9.97 Å². The number of nitriles is 2. The zero-order chi connectivity index (χ0) is 34.4. The summed E-state index contributed by atoms with van der Waals surface area (Å²) in [6, 6.07) is 27.6. The van der Waals surface area contributed by atoms with E-state index in [1.165, 1.54) is 24.3 Å². The molecule has 0 amide bonds. The Morgan fingerprint density at radius 1 is 0.612 bits per heavy atom. The number of hydrogen-bond donors (Lipinski definition) is 0. The fourth-order valence-corrected chi connectivity index (χ4v) is 6.07. The number of alkyl halides is 3. The molecule has 0 N–H and O–H groups in total. The summed E-state index contributed by atoms with van der Waals surface area (Å²) >= 11 is 0. The van der Waals surface area contributed by atoms with Gasteiger partial charge in [0.05, 0.1) is 55.2 Å². The van der Waals surface area contributed by atoms with E-state index in [9.17, 15) is 23.7 Å². The summed E-state index contributed by atoms with van der Waals surface area (Å²) in [5, 5.41) is 20.0. The molecule has 0 fully saturated rings. The maximum atomic E-state index is 12.7. The molecule has 2 aliphatic rings. The Morgan fingerprint density at radius 2 is 1.02 bits per heavy atom. The van der Waals surface area contributed by atoms with Gasteiger partial charge in [0.25, 0.3) is 11.4 Å². The van der Waals surface area contributed by atoms with E-state index in [0.717, 1.165) is 11.1 Å². The molecule has 0 radical (unpaired) electrons. The van der Waals surface area contributed by atoms with Crippen LogP contribution >= 0.6 is 0 Å². The van der Waals surface area contributed by atoms with Crippen LogP contribution in [-0.4, -0.2) is 23.4 Å². The lowest BCUT2D eigenvalue weighted by atomic mass is 9.97. The highest BCUT2D eigenvalue weighted by Crippen LogP contribution is 2.51. The molecule has 49 heavy (non-hydrogen) atoms. The fourth-order valence-electron chi connectivity index (χ4n) is 6.07. The molecular formula is C38H17F3N6O2. The van der Waals surface area contributed by atoms with Crippen LogP contribution in [-0.2, 0) is 0 Å². The monoisotopic (exact) mass is 646 g/mol. The van der Waals surface area contributed by atoms with Crippen molar-refractivity contribution in [3.63, 3.8) is 0 Å². The molecule has 0 atom stereocenters. The van der Waals surface area contributed by atoms with Crippen LogP contribution in [0.3, 0.4) is 0 Å². The standard InChI is InChI=1S/C38H17F3N6O2/c1-44-30(18-42)32-28-16-22(20-4-10-24(48-3)11-5-20)8-14-26(28)34-36(32)47-35-27-15-9-23(21-6-12-25(13-7-21)49-38(39,40)41)17-29(27)33(37(35)46-34)31(19-43)45-2/h4-17H,3H3/b32-30+,33-31-. The number of rotatable bonds is 4. The van der Waals surface area contributed by atoms with Crippen molar-refractivity contribution < 1.29 is 22.6 Å². The van der Waals surface area contributed by atoms with Crippen molar-refractivity contribution in [1.29, 1.82) is 10.5 Å². The first kappa shape index (κ1) is 30.4. The van der Waals surface area contributed by atoms with Crippen LogP contribution in [0.4, 0.5) is 13.2 Å². The maximum Gasteiger partial charge on any atom is 0.573 e. The Bertz CT molecular complexity index is 2440. The highest BCUT2D eigenvalue weighted by molar-refractivity contribution is 6.07. The van der Waals surface area contributed by atoms with Crippen LogP contribution in [0.5, 0.6) is 11.5 Å². The summed E-state index contributed by atoms with van der Waals surface area (Å²) in [5.41, 5.74) is 6.76. The minimum absolute atomic E-state index is 0.165. The fraction of sp³-hybridized carbons (Fsp3) is 0.0526. The van der Waals surface area contributed by atoms with Crippen molar-refractivity contribution in [3.05, 3.63) is 142 Å². The number of fused-ring (bicyclic) bond motifs is 6. The van der Waals surface area contributed by atoms with Gasteiger partial charge in [0.1, 0.15) is 11.5 Å². The van der Waals surface area contributed by atoms with E-state index in [1.807, 2.05) is 54.6 Å². The topological polar surface area (TPSA) is 101 Å². The summed E-state index contributed by atoms with van der Waals surface area (Å²) in [5.74, 6) is 0.325. The minimum atomic E-state index is -4.83. The van der Waals surface area contributed by atoms with Gasteiger partial charge in [0, 0.05) is 22.3 Å². The first-order chi connectivity index (χ1) is 23.7. The van der Waals surface area contributed by atoms with E-state index >= 15 is 0 Å². The van der Waals surface area contributed by atoms with Crippen LogP contribution in [0.15, 0.2) is 96.3 Å². The summed E-state index contributed by atoms with van der Waals surface area (Å²) in [7, 11) is 1.58. The first-order valence-electron chi connectivity index (χ1n) is 14.4. The number of aromatic nitrogens is 2. The molecule has 0 unspecified atom stereocenters. The van der Waals surface area contributed by atoms with Crippen molar-refractivity contribution in [2.24, 2.45) is 0 Å². The van der Waals surface area contributed by atoms with E-state index in [4.69, 9.17) is 27.8 Å². The Kier molecular flexibility index (Phi) is 7.17. The smallest absolute Gasteiger partial charge is 0.497 e. The Morgan fingerprint density at radius 3 is 1.39 bits per heavy atom. The molecule has 0 saturated heterocycles. The molecule has 0 spiro atoms. The lowest BCUT2D eigenvalue weighted by Gasteiger charge is -2.10. The van der Waals surface area contributed by atoms with Gasteiger partial charge >= 0.3 is 6.36 Å². The predicted molar refractivity (Wildman–Crippen MR) is 173 cm³/mol. The maximum absolute atomic E-state index is 12.7. The molecule has 232 valence electrons. The van der Waals surface area contributed by atoms with Gasteiger partial charge in [-0.15, -0.1) is 13.2 Å². The van der Waals surface area contributed by atoms with E-state index in [-0.39, 0.29) is 22.7 Å². The van der Waals surface area contributed by atoms with Crippen LogP contribution in [0.1, 0.15) is 22.5 Å². The number of methoxy groups -OCH3 is 1. The van der Waals surface area contributed by atoms with E-state index in [2.05, 4.69) is 14.4 Å². The van der Waals surface area contributed by atoms with Crippen LogP contribution in [0, 0.1) is 35.8 Å². The van der Waals surface area contributed by atoms with Crippen LogP contribution in [0.25, 0.3) is 65.6 Å². The lowest BCUT2D eigenvalue weighted by molar-refractivity contribution is -0.274. The second-order valence-electron chi connectivity index (χ2n) is 10.8. The Labute approximate surface area is 277 Å². The molecule has 4 aromatic carbocycles. The van der Waals surface area contributed by atoms with Crippen LogP contribution in [0.2, 0.25) is 0 Å². The number of hydrogen-bond acceptors (Lipinski definition) is 6. The van der Waals surface area contributed by atoms with Crippen molar-refractivity contribution in [2.45, 2.75) is 6.36 Å². The second kappa shape index (κ2) is 11.5. The number of halogens is 3. The van der Waals surface area contributed by atoms with Gasteiger partial charge in [-0.25, -0.2) is 30.2 Å². The van der Waals surface area contributed by atoms with Gasteiger partial charge in [0.2, 0.25) is 0 Å². The normalized spacial score (nSPS) is 14.1. The van der Waals surface area contributed by atoms with Crippen LogP contribution < -0.4 is 9.47 Å². The van der Waals surface area contributed by atoms with Gasteiger partial charge in [-0.3, -0.25) is 0 Å². The highest BCUT2D eigenvalue weighted by Gasteiger charge is 2.36. The van der Waals surface area contributed by atoms with E-state index in [1.54, 1.807) is 25.3 Å². The third-order valence-electron chi connectivity index (χ3n) is 8.21. The second-order valence-corrected chi connectivity index (χ2v) is 10.8. The Hall–Kier alpha value is -7.21. The average molecular weight is 647 g/mol. The SMILES string of the molecule is [C-]#[N+]/C(C#N)=C1/c2cc(-c3ccc(OC(F)(F)F)cc3)ccc2-c2nc3c(nc21)-c1ccc(-c2ccc(OC)cc2)cc1/C3=C(/C#N)[N+]#[C-]. The number of allylic oxidation sites excluding steroid dienone is 2. The molecular weight excluding hydrogens is 629 g/mol. The van der Waals surface area contributed by atoms with E-state index in [0.29, 0.717) is 67.5 Å². The van der Waals surface area contributed by atoms with Crippen molar-refractivity contribution in [3.8, 4) is 68.4 Å². The van der Waals surface area contributed by atoms with Gasteiger partial charge in [-0.1, -0.05) is 48.5 Å². The molecule has 1 aromatic heterocycles. The minimum Gasteiger partial charge on any atom is -0.497 e. The molecule has 7 rings (SSSR count). The third-order valence-corrected chi connectivity index (χ3v) is 8.21. The molecule has 8 nitrogen and oxygen atoms in total. The molecule has 0 aliphatic heterocycles. The number of benzene rings is 4. The third kappa shape index (κ3) is 5.09. The van der Waals surface area contributed by atoms with Crippen molar-refractivity contribution in [2.75, 3.05) is 7.11 Å². The number of nitrogens with zero attached hydrogens (tertiary/aromatic N) is 6. The summed E-state index contributed by atoms with van der Waals surface area (Å²) in [4.78, 5) is 16.9. The lowest BCUT2D eigenvalue weighted by Crippen LogP contribution is -2.16. The summed E-state index contributed by atoms with van der Waals surface area (Å²) in [6.07, 6.45) is -4.83. The Balaban J connectivity index is 1.40. The van der Waals surface area contributed by atoms with Gasteiger partial charge in [0.15, 0.2) is 0 Å². The van der Waals surface area contributed by atoms with Gasteiger partial charge < -0.3 is 9.47 Å².